The molecule has 5 aromatic carbocycles. The minimum atomic E-state index is -1.59. The molecule has 11 nitrogen and oxygen atoms in total. The summed E-state index contributed by atoms with van der Waals surface area (Å²) in [7, 11) is 0. The lowest BCUT2D eigenvalue weighted by molar-refractivity contribution is -0.284. The number of ether oxygens (including phenoxy) is 6. The van der Waals surface area contributed by atoms with E-state index in [1.54, 1.807) is 141 Å². The van der Waals surface area contributed by atoms with Gasteiger partial charge in [-0.2, -0.15) is 0 Å². The Balaban J connectivity index is 1.33. The van der Waals surface area contributed by atoms with E-state index in [9.17, 15) is 19.2 Å². The third-order valence-corrected chi connectivity index (χ3v) is 9.96. The van der Waals surface area contributed by atoms with Gasteiger partial charge in [-0.1, -0.05) is 110 Å². The van der Waals surface area contributed by atoms with Gasteiger partial charge >= 0.3 is 23.9 Å². The van der Waals surface area contributed by atoms with E-state index in [0.29, 0.717) is 12.0 Å². The van der Waals surface area contributed by atoms with Crippen molar-refractivity contribution in [2.45, 2.75) is 63.5 Å². The summed E-state index contributed by atoms with van der Waals surface area (Å²) in [6.45, 7) is 3.64. The molecular weight excluding hydrogens is 763 g/mol. The summed E-state index contributed by atoms with van der Waals surface area (Å²) in [5.41, 5.74) is 3.65. The van der Waals surface area contributed by atoms with Crippen LogP contribution in [0.3, 0.4) is 0 Å². The molecule has 2 heterocycles. The van der Waals surface area contributed by atoms with Crippen molar-refractivity contribution >= 4 is 23.9 Å². The summed E-state index contributed by atoms with van der Waals surface area (Å²) in [6.07, 6.45) is -5.92. The molecule has 0 saturated carbocycles. The number of esters is 4. The van der Waals surface area contributed by atoms with E-state index in [0.717, 1.165) is 12.0 Å². The van der Waals surface area contributed by atoms with Crippen molar-refractivity contribution in [3.8, 4) is 5.88 Å². The van der Waals surface area contributed by atoms with Gasteiger partial charge in [-0.25, -0.2) is 24.2 Å². The smallest absolute Gasteiger partial charge is 0.338 e. The van der Waals surface area contributed by atoms with Crippen LogP contribution in [-0.2, 0) is 36.5 Å². The first-order valence-corrected chi connectivity index (χ1v) is 19.7. The Labute approximate surface area is 347 Å². The molecule has 0 aliphatic carbocycles. The monoisotopic (exact) mass is 805 g/mol. The fraction of sp³-hybridized carbons (Fsp3) is 0.204. The molecule has 60 heavy (non-hydrogen) atoms. The van der Waals surface area contributed by atoms with Crippen LogP contribution in [0.4, 0.5) is 0 Å². The maximum Gasteiger partial charge on any atom is 0.338 e. The topological polar surface area (TPSA) is 137 Å². The average molecular weight is 806 g/mol. The zero-order valence-electron chi connectivity index (χ0n) is 33.0. The zero-order valence-corrected chi connectivity index (χ0v) is 33.0. The molecular formula is C49H43NO10. The van der Waals surface area contributed by atoms with Gasteiger partial charge in [-0.15, -0.1) is 0 Å². The first kappa shape index (κ1) is 41.1. The maximum absolute atomic E-state index is 14.0. The van der Waals surface area contributed by atoms with Crippen LogP contribution in [-0.4, -0.2) is 65.7 Å². The summed E-state index contributed by atoms with van der Waals surface area (Å²) in [6, 6.07) is 44.7. The molecule has 0 N–H and O–H groups in total. The summed E-state index contributed by atoms with van der Waals surface area (Å²) in [5, 5.41) is 0. The number of carbonyl (C=O) groups is 4. The van der Waals surface area contributed by atoms with Crippen LogP contribution in [0.15, 0.2) is 164 Å². The zero-order chi connectivity index (χ0) is 41.8. The van der Waals surface area contributed by atoms with Gasteiger partial charge in [0.15, 0.2) is 12.2 Å². The molecule has 1 saturated heterocycles. The van der Waals surface area contributed by atoms with E-state index in [1.165, 1.54) is 5.56 Å². The number of pyridine rings is 1. The SMILES string of the molecule is CCc1ccc(Cc2cccnc2O[C@@H]2O[C@H]([C@@H](C)OC(=O)c3ccccc3)[C@@H](OC(=O)c3ccccc3)[C@H](OC(=O)c3ccccc3)[C@H]2OC(=O)c2ccccc2)cc1. The normalized spacial score (nSPS) is 18.9. The molecule has 1 aromatic heterocycles. The molecule has 0 bridgehead atoms. The highest BCUT2D eigenvalue weighted by atomic mass is 16.7. The predicted octanol–water partition coefficient (Wildman–Crippen LogP) is 8.26. The molecule has 0 unspecified atom stereocenters. The van der Waals surface area contributed by atoms with Crippen LogP contribution in [0.5, 0.6) is 5.88 Å². The molecule has 7 rings (SSSR count). The van der Waals surface area contributed by atoms with Gasteiger partial charge in [-0.05, 0) is 79.1 Å². The third kappa shape index (κ3) is 10.1. The summed E-state index contributed by atoms with van der Waals surface area (Å²) < 4.78 is 37.9. The molecule has 11 heteroatoms. The van der Waals surface area contributed by atoms with Crippen molar-refractivity contribution in [3.05, 3.63) is 203 Å². The number of hydrogen-bond acceptors (Lipinski definition) is 11. The minimum Gasteiger partial charge on any atom is -0.456 e. The molecule has 0 spiro atoms. The van der Waals surface area contributed by atoms with Gasteiger partial charge in [0, 0.05) is 18.2 Å². The van der Waals surface area contributed by atoms with Gasteiger partial charge in [0.1, 0.15) is 12.2 Å². The highest BCUT2D eigenvalue weighted by Crippen LogP contribution is 2.35. The number of nitrogens with zero attached hydrogens (tertiary/aromatic N) is 1. The lowest BCUT2D eigenvalue weighted by Crippen LogP contribution is -2.65. The first-order chi connectivity index (χ1) is 29.3. The number of carbonyl (C=O) groups excluding carboxylic acids is 4. The minimum absolute atomic E-state index is 0.142. The molecule has 304 valence electrons. The van der Waals surface area contributed by atoms with Crippen LogP contribution in [0.2, 0.25) is 0 Å². The van der Waals surface area contributed by atoms with E-state index in [2.05, 4.69) is 24.0 Å². The number of rotatable bonds is 14. The summed E-state index contributed by atoms with van der Waals surface area (Å²) in [5.74, 6) is -2.96. The molecule has 1 aliphatic heterocycles. The van der Waals surface area contributed by atoms with Crippen LogP contribution in [0, 0.1) is 0 Å². The highest BCUT2D eigenvalue weighted by Gasteiger charge is 2.56. The van der Waals surface area contributed by atoms with Crippen molar-refractivity contribution in [1.29, 1.82) is 0 Å². The molecule has 0 radical (unpaired) electrons. The van der Waals surface area contributed by atoms with Crippen LogP contribution in [0.1, 0.15) is 72.0 Å². The van der Waals surface area contributed by atoms with Crippen molar-refractivity contribution in [1.82, 2.24) is 4.98 Å². The van der Waals surface area contributed by atoms with Crippen molar-refractivity contribution < 1.29 is 47.6 Å². The van der Waals surface area contributed by atoms with E-state index >= 15 is 0 Å². The van der Waals surface area contributed by atoms with Gasteiger partial charge in [-0.3, -0.25) is 0 Å². The maximum atomic E-state index is 14.0. The number of aromatic nitrogens is 1. The number of benzene rings is 5. The largest absolute Gasteiger partial charge is 0.456 e. The second-order valence-corrected chi connectivity index (χ2v) is 14.1. The highest BCUT2D eigenvalue weighted by molar-refractivity contribution is 5.91. The molecule has 1 aliphatic rings. The Hall–Kier alpha value is -7.11. The lowest BCUT2D eigenvalue weighted by atomic mass is 9.94. The van der Waals surface area contributed by atoms with Crippen LogP contribution in [0.25, 0.3) is 0 Å². The second-order valence-electron chi connectivity index (χ2n) is 14.1. The Kier molecular flexibility index (Phi) is 13.4. The van der Waals surface area contributed by atoms with Gasteiger partial charge < -0.3 is 28.4 Å². The van der Waals surface area contributed by atoms with E-state index < -0.39 is 60.7 Å². The van der Waals surface area contributed by atoms with Crippen LogP contribution >= 0.6 is 0 Å². The van der Waals surface area contributed by atoms with Gasteiger partial charge in [0.25, 0.3) is 0 Å². The van der Waals surface area contributed by atoms with Crippen molar-refractivity contribution in [2.24, 2.45) is 0 Å². The van der Waals surface area contributed by atoms with Crippen molar-refractivity contribution in [2.75, 3.05) is 0 Å². The van der Waals surface area contributed by atoms with Crippen LogP contribution < -0.4 is 4.74 Å². The summed E-state index contributed by atoms with van der Waals surface area (Å²) in [4.78, 5) is 60.0. The standard InChI is InChI=1S/C49H43NO10/c1-3-33-26-28-34(29-27-33)31-39-25-16-30-50-44(39)60-49-43(58-48(54)38-23-14-7-15-24-38)42(57-47(53)37-21-12-6-13-22-37)41(56-46(52)36-19-10-5-11-20-36)40(59-49)32(2)55-45(51)35-17-8-4-9-18-35/h4-30,32,40-43,49H,3,31H2,1-2H3/t32-,40-,41-,42+,43-,49+/m1/s1. The average Bonchev–Trinajstić information content (AvgIpc) is 3.29. The fourth-order valence-electron chi connectivity index (χ4n) is 6.77. The second kappa shape index (κ2) is 19.6. The Bertz CT molecular complexity index is 2360. The van der Waals surface area contributed by atoms with Crippen molar-refractivity contribution in [3.63, 3.8) is 0 Å². The van der Waals surface area contributed by atoms with E-state index in [-0.39, 0.29) is 28.1 Å². The van der Waals surface area contributed by atoms with E-state index in [4.69, 9.17) is 28.4 Å². The Morgan fingerprint density at radius 3 is 1.50 bits per heavy atom. The molecule has 6 aromatic rings. The Morgan fingerprint density at radius 2 is 1.00 bits per heavy atom. The molecule has 0 amide bonds. The van der Waals surface area contributed by atoms with E-state index in [1.807, 2.05) is 18.2 Å². The predicted molar refractivity (Wildman–Crippen MR) is 220 cm³/mol. The van der Waals surface area contributed by atoms with Gasteiger partial charge in [0.2, 0.25) is 18.3 Å². The quantitative estimate of drug-likeness (QED) is 0.0778. The fourth-order valence-corrected chi connectivity index (χ4v) is 6.77. The summed E-state index contributed by atoms with van der Waals surface area (Å²) >= 11 is 0. The number of hydrogen-bond donors (Lipinski definition) is 0. The molecule has 1 fully saturated rings. The first-order valence-electron chi connectivity index (χ1n) is 19.7. The van der Waals surface area contributed by atoms with Gasteiger partial charge in [0.05, 0.1) is 22.3 Å². The lowest BCUT2D eigenvalue weighted by Gasteiger charge is -2.45. The third-order valence-electron chi connectivity index (χ3n) is 9.96. The molecule has 6 atom stereocenters. The number of aryl methyl sites for hydroxylation is 1. The Morgan fingerprint density at radius 1 is 0.550 bits per heavy atom.